The van der Waals surface area contributed by atoms with Crippen LogP contribution >= 0.6 is 11.8 Å². The molecule has 6 saturated heterocycles. The quantitative estimate of drug-likeness (QED) is 0.0175. The number of nitrogens with one attached hydrogen (secondary N) is 1. The molecular weight excluding hydrogens is 1490 g/mol. The first-order chi connectivity index (χ1) is 52.3. The Bertz CT molecular complexity index is 3160. The van der Waals surface area contributed by atoms with Crippen LogP contribution in [0.1, 0.15) is 170 Å². The van der Waals surface area contributed by atoms with Crippen molar-refractivity contribution in [2.24, 2.45) is 50.2 Å². The van der Waals surface area contributed by atoms with Crippen LogP contribution in [0.5, 0.6) is 0 Å². The third-order valence-corrected chi connectivity index (χ3v) is 29.2. The van der Waals surface area contributed by atoms with E-state index in [9.17, 15) is 106 Å². The van der Waals surface area contributed by atoms with Gasteiger partial charge >= 0.3 is 11.9 Å². The van der Waals surface area contributed by atoms with Gasteiger partial charge in [0.25, 0.3) is 0 Å². The molecule has 17 unspecified atom stereocenters. The highest BCUT2D eigenvalue weighted by Crippen LogP contribution is 2.76. The van der Waals surface area contributed by atoms with Crippen LogP contribution in [0.15, 0.2) is 11.6 Å². The molecule has 11 rings (SSSR count). The Morgan fingerprint density at radius 3 is 1.72 bits per heavy atom. The van der Waals surface area contributed by atoms with E-state index >= 15 is 0 Å². The maximum absolute atomic E-state index is 14.3. The van der Waals surface area contributed by atoms with E-state index in [1.54, 1.807) is 6.92 Å². The molecule has 111 heavy (non-hydrogen) atoms. The molecule has 0 aromatic heterocycles. The number of thioether (sulfide) groups is 1. The molecule has 34 nitrogen and oxygen atoms in total. The molecule has 11 aliphatic rings. The van der Waals surface area contributed by atoms with Crippen molar-refractivity contribution in [1.82, 2.24) is 5.32 Å². The summed E-state index contributed by atoms with van der Waals surface area (Å²) in [5.74, 6) is -3.60. The smallest absolute Gasteiger partial charge is 0.335 e. The Morgan fingerprint density at radius 1 is 0.550 bits per heavy atom. The third-order valence-electron chi connectivity index (χ3n) is 27.8. The molecule has 35 heteroatoms. The van der Waals surface area contributed by atoms with E-state index in [-0.39, 0.29) is 42.3 Å². The number of hydrogen-bond acceptors (Lipinski definition) is 32. The van der Waals surface area contributed by atoms with Crippen molar-refractivity contribution in [3.63, 3.8) is 0 Å². The molecule has 6 heterocycles. The van der Waals surface area contributed by atoms with Crippen molar-refractivity contribution in [3.05, 3.63) is 11.6 Å². The highest BCUT2D eigenvalue weighted by atomic mass is 32.2. The van der Waals surface area contributed by atoms with Crippen LogP contribution in [0.2, 0.25) is 0 Å². The normalized spacial score (nSPS) is 49.2. The molecule has 0 bridgehead atoms. The lowest BCUT2D eigenvalue weighted by Crippen LogP contribution is -2.69. The Balaban J connectivity index is 0.843. The van der Waals surface area contributed by atoms with E-state index in [1.165, 1.54) is 24.3 Å². The number of allylic oxidation sites excluding steroid dienone is 2. The maximum Gasteiger partial charge on any atom is 0.335 e. The van der Waals surface area contributed by atoms with Gasteiger partial charge in [0.1, 0.15) is 128 Å². The first kappa shape index (κ1) is 88.9. The zero-order valence-electron chi connectivity index (χ0n) is 64.3. The van der Waals surface area contributed by atoms with Crippen molar-refractivity contribution < 1.29 is 163 Å². The second-order valence-electron chi connectivity index (χ2n) is 35.2. The number of hydrogen-bond donors (Lipinski definition) is 19. The van der Waals surface area contributed by atoms with E-state index in [0.29, 0.717) is 64.2 Å². The number of aldehydes is 1. The zero-order valence-corrected chi connectivity index (χ0v) is 65.1. The molecule has 0 aromatic carbocycles. The van der Waals surface area contributed by atoms with Crippen LogP contribution in [0.25, 0.3) is 0 Å². The highest BCUT2D eigenvalue weighted by Gasteiger charge is 2.72. The van der Waals surface area contributed by atoms with Gasteiger partial charge in [-0.25, -0.2) is 4.79 Å². The monoisotopic (exact) mass is 1610 g/mol. The number of rotatable bonds is 29. The number of carboxylic acid groups (broad SMARTS) is 2. The SMILES string of the molecule is CC1O[C@@H](OC2C(O)[C@@H](NC(=O)CCCCCCCCCCC(=O)O)C(CO)O[C@H]2SC[C@]23CCC(C)(C)CC2C2=CCC4C5(C)CC[C@H](O[C@@H]6OC(C(=O)O)[C@@H](O)[C@H](O[C@@H]7OC[C@@H](O)[C@H](O)C7O)C6O[C@@H]6OC(CO)[C@H](O)[C@H](O)C6O)[C@](C)(C=O)[C@@H]5CC[C@]4(C)[C@]2(C)CC3O)C(O)C(O)[C@H]1O[C@@H]1OC[C@@H](O)C(O)C1O. The van der Waals surface area contributed by atoms with E-state index < -0.39 is 261 Å². The van der Waals surface area contributed by atoms with Gasteiger partial charge in [0.2, 0.25) is 5.91 Å². The summed E-state index contributed by atoms with van der Waals surface area (Å²) in [6.07, 6.45) is -33.8. The van der Waals surface area contributed by atoms with Crippen molar-refractivity contribution in [2.75, 3.05) is 32.2 Å². The number of aliphatic carboxylic acids is 2. The predicted molar refractivity (Wildman–Crippen MR) is 383 cm³/mol. The van der Waals surface area contributed by atoms with Crippen molar-refractivity contribution in [2.45, 2.75) is 354 Å². The summed E-state index contributed by atoms with van der Waals surface area (Å²) < 4.78 is 67.4. The standard InChI is InChI=1S/C76H123NO33S/c1-34-59(106-65-54(93)48(87)37(81)30-100-65)53(92)57(96)67(102-34)109-62-51(90)47(77-45(84)16-14-12-10-8-9-11-13-15-17-46(85)86)39(28-78)104-70(62)111-33-76-25-24-71(2,3)26-36(76)35-18-19-42-72(4)22-21-44(73(5,32-80)41(72)20-23-74(42,6)75(35,7)27-43(76)83)105-69-63(110-68-56(95)52(91)50(89)40(29-79)103-68)60(58(97)61(108-69)64(98)99)107-66-55(94)49(88)38(82)31-101-66/h18,32,34,36-44,47-63,65-70,78-79,81-83,87-97H,8-17,19-31,33H2,1-7H3,(H,77,84)(H,85,86)(H,98,99)/t34?,36?,37-,38-,39?,40?,41-,42?,43?,44+,47+,48?,49+,50+,51?,52+,53?,54?,55?,56?,57?,58+,59+,60+,61?,62?,63?,65+,66+,67+,68+,69-,70+,72?,73-,74+,75-,76-/m1/s1. The Hall–Kier alpha value is -2.91. The predicted octanol–water partition coefficient (Wildman–Crippen LogP) is -1.54. The summed E-state index contributed by atoms with van der Waals surface area (Å²) in [5, 5.41) is 201. The summed E-state index contributed by atoms with van der Waals surface area (Å²) in [6, 6.07) is -1.28. The summed E-state index contributed by atoms with van der Waals surface area (Å²) in [4.78, 5) is 52.2. The molecule has 4 saturated carbocycles. The topological polar surface area (TPSA) is 546 Å². The van der Waals surface area contributed by atoms with Gasteiger partial charge in [0.15, 0.2) is 37.6 Å². The molecule has 0 radical (unpaired) electrons. The van der Waals surface area contributed by atoms with E-state index in [2.05, 4.69) is 46.0 Å². The lowest BCUT2D eigenvalue weighted by atomic mass is 9.33. The minimum atomic E-state index is -2.21. The molecule has 6 aliphatic heterocycles. The van der Waals surface area contributed by atoms with Crippen molar-refractivity contribution in [1.29, 1.82) is 0 Å². The number of carboxylic acids is 2. The van der Waals surface area contributed by atoms with Crippen LogP contribution in [0.3, 0.4) is 0 Å². The summed E-state index contributed by atoms with van der Waals surface area (Å²) >= 11 is 1.24. The summed E-state index contributed by atoms with van der Waals surface area (Å²) in [7, 11) is 0. The van der Waals surface area contributed by atoms with Gasteiger partial charge < -0.3 is 154 Å². The van der Waals surface area contributed by atoms with Gasteiger partial charge in [-0.1, -0.05) is 91.7 Å². The van der Waals surface area contributed by atoms with Crippen LogP contribution in [0.4, 0.5) is 0 Å². The number of unbranched alkanes of at least 4 members (excludes halogenated alkanes) is 7. The van der Waals surface area contributed by atoms with Crippen LogP contribution < -0.4 is 5.32 Å². The first-order valence-electron chi connectivity index (χ1n) is 39.7. The molecule has 636 valence electrons. The zero-order chi connectivity index (χ0) is 80.9. The number of ether oxygens (including phenoxy) is 11. The second kappa shape index (κ2) is 36.0. The van der Waals surface area contributed by atoms with E-state index in [1.807, 2.05) is 0 Å². The average Bonchev–Trinajstić information content (AvgIpc) is 0.671. The van der Waals surface area contributed by atoms with Gasteiger partial charge in [-0.2, -0.15) is 0 Å². The summed E-state index contributed by atoms with van der Waals surface area (Å²) in [6.45, 7) is 11.8. The number of fused-ring (bicyclic) bond motifs is 7. The van der Waals surface area contributed by atoms with Crippen molar-refractivity contribution >= 4 is 35.9 Å². The Morgan fingerprint density at radius 2 is 1.12 bits per heavy atom. The van der Waals surface area contributed by atoms with E-state index in [0.717, 1.165) is 44.8 Å². The molecule has 19 N–H and O–H groups in total. The average molecular weight is 1610 g/mol. The summed E-state index contributed by atoms with van der Waals surface area (Å²) in [5.41, 5.74) is -4.36. The number of carbonyl (C=O) groups excluding carboxylic acids is 2. The van der Waals surface area contributed by atoms with Gasteiger partial charge in [-0.05, 0) is 117 Å². The Kier molecular flexibility index (Phi) is 28.8. The van der Waals surface area contributed by atoms with Crippen LogP contribution in [-0.2, 0) is 71.3 Å². The fourth-order valence-electron chi connectivity index (χ4n) is 20.9. The number of carbonyl (C=O) groups is 4. The van der Waals surface area contributed by atoms with Crippen LogP contribution in [0, 0.1) is 50.2 Å². The molecular formula is C76H123NO33S. The highest BCUT2D eigenvalue weighted by molar-refractivity contribution is 7.99. The van der Waals surface area contributed by atoms with Crippen LogP contribution in [-0.4, -0.2) is 332 Å². The minimum absolute atomic E-state index is 0.0688. The number of aliphatic hydroxyl groups excluding tert-OH is 16. The lowest BCUT2D eigenvalue weighted by Gasteiger charge is -2.72. The van der Waals surface area contributed by atoms with Gasteiger partial charge in [0.05, 0.1) is 56.2 Å². The fraction of sp³-hybridized carbons (Fsp3) is 0.921. The Labute approximate surface area is 649 Å². The number of amides is 1. The number of aliphatic hydroxyl groups is 16. The lowest BCUT2D eigenvalue weighted by molar-refractivity contribution is -0.391. The van der Waals surface area contributed by atoms with Crippen molar-refractivity contribution in [3.8, 4) is 0 Å². The molecule has 10 fully saturated rings. The molecule has 5 aliphatic carbocycles. The molecule has 38 atom stereocenters. The molecule has 1 amide bonds. The minimum Gasteiger partial charge on any atom is -0.481 e. The van der Waals surface area contributed by atoms with E-state index in [4.69, 9.17) is 57.2 Å². The van der Waals surface area contributed by atoms with Gasteiger partial charge in [-0.3, -0.25) is 9.59 Å². The maximum atomic E-state index is 14.3. The first-order valence-corrected chi connectivity index (χ1v) is 40.8. The second-order valence-corrected chi connectivity index (χ2v) is 36.3. The molecule has 0 spiro atoms. The van der Waals surface area contributed by atoms with Gasteiger partial charge in [0, 0.05) is 24.0 Å². The van der Waals surface area contributed by atoms with Gasteiger partial charge in [-0.15, -0.1) is 11.8 Å². The fourth-order valence-corrected chi connectivity index (χ4v) is 22.6. The molecule has 0 aromatic rings. The largest absolute Gasteiger partial charge is 0.481 e. The third kappa shape index (κ3) is 17.5.